The topological polar surface area (TPSA) is 46.2 Å². The van der Waals surface area contributed by atoms with Crippen molar-refractivity contribution < 1.29 is 5.11 Å². The number of rotatable bonds is 5. The normalized spacial score (nSPS) is 26.1. The maximum absolute atomic E-state index is 10.4. The van der Waals surface area contributed by atoms with Crippen LogP contribution in [0.3, 0.4) is 0 Å². The summed E-state index contributed by atoms with van der Waals surface area (Å²) in [5.74, 6) is 1.73. The zero-order chi connectivity index (χ0) is 13.3. The average molecular weight is 247 g/mol. The lowest BCUT2D eigenvalue weighted by Gasteiger charge is -2.22. The standard InChI is InChI=1S/C16H25NO/c1-10(2)12-4-6-13(7-5-12)15(9-17)16(18)14-8-11(14)3/h4-7,10-11,14-16,18H,8-9,17H2,1-3H3. The lowest BCUT2D eigenvalue weighted by molar-refractivity contribution is 0.118. The van der Waals surface area contributed by atoms with Gasteiger partial charge in [-0.25, -0.2) is 0 Å². The van der Waals surface area contributed by atoms with Crippen molar-refractivity contribution in [3.63, 3.8) is 0 Å². The van der Waals surface area contributed by atoms with Gasteiger partial charge in [-0.2, -0.15) is 0 Å². The second-order valence-electron chi connectivity index (χ2n) is 6.03. The maximum Gasteiger partial charge on any atom is 0.0651 e. The molecule has 18 heavy (non-hydrogen) atoms. The quantitative estimate of drug-likeness (QED) is 0.840. The number of benzene rings is 1. The Bertz CT molecular complexity index is 385. The molecule has 0 amide bonds. The van der Waals surface area contributed by atoms with Gasteiger partial charge in [0.05, 0.1) is 6.10 Å². The second kappa shape index (κ2) is 5.41. The van der Waals surface area contributed by atoms with Gasteiger partial charge in [-0.3, -0.25) is 0 Å². The highest BCUT2D eigenvalue weighted by Gasteiger charge is 2.42. The molecular formula is C16H25NO. The second-order valence-corrected chi connectivity index (χ2v) is 6.03. The Morgan fingerprint density at radius 2 is 1.72 bits per heavy atom. The van der Waals surface area contributed by atoms with Crippen LogP contribution in [0.2, 0.25) is 0 Å². The molecule has 0 heterocycles. The molecule has 1 fully saturated rings. The molecule has 0 saturated heterocycles. The van der Waals surface area contributed by atoms with Crippen molar-refractivity contribution in [2.75, 3.05) is 6.54 Å². The van der Waals surface area contributed by atoms with E-state index in [1.807, 2.05) is 0 Å². The van der Waals surface area contributed by atoms with Crippen molar-refractivity contribution in [3.8, 4) is 0 Å². The summed E-state index contributed by atoms with van der Waals surface area (Å²) in [7, 11) is 0. The van der Waals surface area contributed by atoms with Crippen LogP contribution in [0, 0.1) is 11.8 Å². The lowest BCUT2D eigenvalue weighted by atomic mass is 9.89. The number of aliphatic hydroxyl groups is 1. The van der Waals surface area contributed by atoms with Gasteiger partial charge in [0.15, 0.2) is 0 Å². The zero-order valence-corrected chi connectivity index (χ0v) is 11.6. The SMILES string of the molecule is CC(C)c1ccc(C(CN)C(O)C2CC2C)cc1. The first-order chi connectivity index (χ1) is 8.54. The highest BCUT2D eigenvalue weighted by atomic mass is 16.3. The van der Waals surface area contributed by atoms with Gasteiger partial charge in [0.25, 0.3) is 0 Å². The minimum absolute atomic E-state index is 0.0844. The summed E-state index contributed by atoms with van der Waals surface area (Å²) in [6.07, 6.45) is 0.858. The van der Waals surface area contributed by atoms with Crippen LogP contribution in [-0.2, 0) is 0 Å². The molecule has 0 aromatic heterocycles. The molecule has 1 aromatic carbocycles. The van der Waals surface area contributed by atoms with E-state index in [0.717, 1.165) is 6.42 Å². The predicted octanol–water partition coefficient (Wildman–Crippen LogP) is 2.87. The van der Waals surface area contributed by atoms with Crippen molar-refractivity contribution in [1.82, 2.24) is 0 Å². The Hall–Kier alpha value is -0.860. The third-order valence-corrected chi connectivity index (χ3v) is 4.31. The predicted molar refractivity (Wildman–Crippen MR) is 75.6 cm³/mol. The first-order valence-corrected chi connectivity index (χ1v) is 7.02. The fourth-order valence-corrected chi connectivity index (χ4v) is 2.73. The molecule has 2 heteroatoms. The van der Waals surface area contributed by atoms with Gasteiger partial charge in [0, 0.05) is 12.5 Å². The van der Waals surface area contributed by atoms with E-state index in [4.69, 9.17) is 5.73 Å². The van der Waals surface area contributed by atoms with Crippen LogP contribution in [-0.4, -0.2) is 17.8 Å². The molecule has 1 saturated carbocycles. The summed E-state index contributed by atoms with van der Waals surface area (Å²) in [6, 6.07) is 8.57. The van der Waals surface area contributed by atoms with E-state index in [0.29, 0.717) is 24.3 Å². The lowest BCUT2D eigenvalue weighted by Crippen LogP contribution is -2.28. The molecule has 3 N–H and O–H groups in total. The summed E-state index contributed by atoms with van der Waals surface area (Å²) < 4.78 is 0. The molecule has 100 valence electrons. The fraction of sp³-hybridized carbons (Fsp3) is 0.625. The van der Waals surface area contributed by atoms with Crippen LogP contribution in [0.5, 0.6) is 0 Å². The van der Waals surface area contributed by atoms with Crippen LogP contribution in [0.4, 0.5) is 0 Å². The smallest absolute Gasteiger partial charge is 0.0651 e. The molecule has 0 bridgehead atoms. The van der Waals surface area contributed by atoms with Gasteiger partial charge in [0.1, 0.15) is 0 Å². The number of hydrogen-bond acceptors (Lipinski definition) is 2. The van der Waals surface area contributed by atoms with Crippen molar-refractivity contribution in [1.29, 1.82) is 0 Å². The first-order valence-electron chi connectivity index (χ1n) is 7.02. The fourth-order valence-electron chi connectivity index (χ4n) is 2.73. The van der Waals surface area contributed by atoms with Gasteiger partial charge in [-0.1, -0.05) is 45.0 Å². The van der Waals surface area contributed by atoms with Crippen molar-refractivity contribution in [2.45, 2.75) is 45.1 Å². The number of aliphatic hydroxyl groups excluding tert-OH is 1. The third kappa shape index (κ3) is 2.76. The van der Waals surface area contributed by atoms with E-state index in [2.05, 4.69) is 45.0 Å². The summed E-state index contributed by atoms with van der Waals surface area (Å²) >= 11 is 0. The van der Waals surface area contributed by atoms with Crippen molar-refractivity contribution in [3.05, 3.63) is 35.4 Å². The molecular weight excluding hydrogens is 222 g/mol. The minimum atomic E-state index is -0.283. The maximum atomic E-state index is 10.4. The molecule has 1 aliphatic carbocycles. The Kier molecular flexibility index (Phi) is 4.08. The van der Waals surface area contributed by atoms with Gasteiger partial charge in [-0.05, 0) is 35.3 Å². The molecule has 1 aromatic rings. The van der Waals surface area contributed by atoms with E-state index in [9.17, 15) is 5.11 Å². The molecule has 2 nitrogen and oxygen atoms in total. The molecule has 0 aliphatic heterocycles. The Morgan fingerprint density at radius 3 is 2.11 bits per heavy atom. The summed E-state index contributed by atoms with van der Waals surface area (Å²) in [5.41, 5.74) is 8.37. The van der Waals surface area contributed by atoms with Crippen LogP contribution < -0.4 is 5.73 Å². The van der Waals surface area contributed by atoms with Gasteiger partial charge < -0.3 is 10.8 Å². The van der Waals surface area contributed by atoms with Crippen molar-refractivity contribution in [2.24, 2.45) is 17.6 Å². The zero-order valence-electron chi connectivity index (χ0n) is 11.6. The van der Waals surface area contributed by atoms with Crippen LogP contribution in [0.15, 0.2) is 24.3 Å². The molecule has 4 atom stereocenters. The van der Waals surface area contributed by atoms with Gasteiger partial charge in [-0.15, -0.1) is 0 Å². The Labute approximate surface area is 110 Å². The first kappa shape index (κ1) is 13.6. The molecule has 2 rings (SSSR count). The third-order valence-electron chi connectivity index (χ3n) is 4.31. The monoisotopic (exact) mass is 247 g/mol. The molecule has 0 radical (unpaired) electrons. The molecule has 4 unspecified atom stereocenters. The van der Waals surface area contributed by atoms with E-state index >= 15 is 0 Å². The highest BCUT2D eigenvalue weighted by molar-refractivity contribution is 5.28. The Balaban J connectivity index is 2.12. The molecule has 1 aliphatic rings. The van der Waals surface area contributed by atoms with Crippen LogP contribution in [0.1, 0.15) is 50.2 Å². The summed E-state index contributed by atoms with van der Waals surface area (Å²) in [5, 5.41) is 10.4. The largest absolute Gasteiger partial charge is 0.392 e. The highest BCUT2D eigenvalue weighted by Crippen LogP contribution is 2.44. The number of hydrogen-bond donors (Lipinski definition) is 2. The minimum Gasteiger partial charge on any atom is -0.392 e. The average Bonchev–Trinajstić information content (AvgIpc) is 3.08. The molecule has 0 spiro atoms. The van der Waals surface area contributed by atoms with Gasteiger partial charge >= 0.3 is 0 Å². The van der Waals surface area contributed by atoms with E-state index in [-0.39, 0.29) is 12.0 Å². The van der Waals surface area contributed by atoms with Crippen LogP contribution in [0.25, 0.3) is 0 Å². The van der Waals surface area contributed by atoms with E-state index < -0.39 is 0 Å². The van der Waals surface area contributed by atoms with Crippen molar-refractivity contribution >= 4 is 0 Å². The van der Waals surface area contributed by atoms with E-state index in [1.165, 1.54) is 11.1 Å². The number of nitrogens with two attached hydrogens (primary N) is 1. The van der Waals surface area contributed by atoms with E-state index in [1.54, 1.807) is 0 Å². The summed E-state index contributed by atoms with van der Waals surface area (Å²) in [4.78, 5) is 0. The van der Waals surface area contributed by atoms with Gasteiger partial charge in [0.2, 0.25) is 0 Å². The van der Waals surface area contributed by atoms with Crippen LogP contribution >= 0.6 is 0 Å². The Morgan fingerprint density at radius 1 is 1.22 bits per heavy atom. The summed E-state index contributed by atoms with van der Waals surface area (Å²) in [6.45, 7) is 7.10.